The van der Waals surface area contributed by atoms with Crippen LogP contribution in [0.3, 0.4) is 0 Å². The molecule has 0 aromatic heterocycles. The Morgan fingerprint density at radius 2 is 1.67 bits per heavy atom. The number of nitrogens with one attached hydrogen (secondary N) is 2. The molecule has 0 aliphatic heterocycles. The van der Waals surface area contributed by atoms with E-state index in [9.17, 15) is 4.79 Å². The number of para-hydroxylation sites is 1. The molecular formula is C17H12Cl3N3O. The van der Waals surface area contributed by atoms with Crippen LogP contribution in [0.1, 0.15) is 5.56 Å². The summed E-state index contributed by atoms with van der Waals surface area (Å²) in [6.45, 7) is 0.213. The molecule has 0 spiro atoms. The molecule has 122 valence electrons. The Morgan fingerprint density at radius 1 is 1.04 bits per heavy atom. The molecule has 2 aromatic carbocycles. The molecule has 0 atom stereocenters. The molecule has 2 aromatic rings. The maximum absolute atomic E-state index is 12.1. The van der Waals surface area contributed by atoms with Crippen molar-refractivity contribution in [2.75, 3.05) is 5.32 Å². The van der Waals surface area contributed by atoms with Crippen LogP contribution < -0.4 is 10.6 Å². The standard InChI is InChI=1S/C17H12Cl3N3O/c18-13-5-2-1-4-11(13)9-23-17(24)12(8-21)10-22-16-14(19)6-3-7-15(16)20/h1-7,10,22H,9H2,(H,23,24)/b12-10-. The molecule has 0 saturated carbocycles. The SMILES string of the molecule is N#C/C(=C/Nc1c(Cl)cccc1Cl)C(=O)NCc1ccccc1Cl. The van der Waals surface area contributed by atoms with Crippen LogP contribution in [-0.4, -0.2) is 5.91 Å². The maximum atomic E-state index is 12.1. The minimum absolute atomic E-state index is 0.113. The van der Waals surface area contributed by atoms with E-state index in [1.807, 2.05) is 12.1 Å². The molecule has 0 aliphatic carbocycles. The number of carbonyl (C=O) groups is 1. The molecule has 0 radical (unpaired) electrons. The van der Waals surface area contributed by atoms with E-state index < -0.39 is 5.91 Å². The lowest BCUT2D eigenvalue weighted by atomic mass is 10.2. The fourth-order valence-electron chi connectivity index (χ4n) is 1.84. The second-order valence-corrected chi connectivity index (χ2v) is 5.91. The van der Waals surface area contributed by atoms with E-state index >= 15 is 0 Å². The largest absolute Gasteiger partial charge is 0.358 e. The van der Waals surface area contributed by atoms with Crippen LogP contribution in [0.5, 0.6) is 0 Å². The third-order valence-corrected chi connectivity index (χ3v) is 4.08. The lowest BCUT2D eigenvalue weighted by Crippen LogP contribution is -2.24. The number of halogens is 3. The van der Waals surface area contributed by atoms with Crippen LogP contribution in [0.4, 0.5) is 5.69 Å². The van der Waals surface area contributed by atoms with Crippen LogP contribution >= 0.6 is 34.8 Å². The Hall–Kier alpha value is -2.19. The lowest BCUT2D eigenvalue weighted by molar-refractivity contribution is -0.117. The first kappa shape index (κ1) is 18.2. The Morgan fingerprint density at radius 3 is 2.29 bits per heavy atom. The van der Waals surface area contributed by atoms with Crippen LogP contribution in [0.15, 0.2) is 54.2 Å². The number of carbonyl (C=O) groups excluding carboxylic acids is 1. The third-order valence-electron chi connectivity index (χ3n) is 3.09. The number of benzene rings is 2. The van der Waals surface area contributed by atoms with Crippen LogP contribution in [-0.2, 0) is 11.3 Å². The monoisotopic (exact) mass is 379 g/mol. The predicted molar refractivity (Wildman–Crippen MR) is 97.1 cm³/mol. The van der Waals surface area contributed by atoms with Gasteiger partial charge in [0.15, 0.2) is 0 Å². The number of nitrogens with zero attached hydrogens (tertiary/aromatic N) is 1. The summed E-state index contributed by atoms with van der Waals surface area (Å²) in [5.41, 5.74) is 1.07. The average molecular weight is 381 g/mol. The molecule has 0 unspecified atom stereocenters. The fraction of sp³-hybridized carbons (Fsp3) is 0.0588. The molecule has 24 heavy (non-hydrogen) atoms. The van der Waals surface area contributed by atoms with Gasteiger partial charge in [-0.25, -0.2) is 0 Å². The van der Waals surface area contributed by atoms with Gasteiger partial charge in [-0.1, -0.05) is 59.1 Å². The number of rotatable bonds is 5. The lowest BCUT2D eigenvalue weighted by Gasteiger charge is -2.08. The van der Waals surface area contributed by atoms with Gasteiger partial charge in [0.2, 0.25) is 0 Å². The summed E-state index contributed by atoms with van der Waals surface area (Å²) in [6, 6.07) is 13.9. The van der Waals surface area contributed by atoms with E-state index in [4.69, 9.17) is 40.1 Å². The van der Waals surface area contributed by atoms with Gasteiger partial charge in [0.25, 0.3) is 5.91 Å². The summed E-state index contributed by atoms with van der Waals surface area (Å²) >= 11 is 18.1. The summed E-state index contributed by atoms with van der Waals surface area (Å²) in [5, 5.41) is 15.9. The molecule has 0 heterocycles. The van der Waals surface area contributed by atoms with E-state index in [-0.39, 0.29) is 12.1 Å². The number of amides is 1. The first-order valence-corrected chi connectivity index (χ1v) is 7.98. The van der Waals surface area contributed by atoms with Crippen molar-refractivity contribution in [1.29, 1.82) is 5.26 Å². The van der Waals surface area contributed by atoms with Crippen LogP contribution in [0.2, 0.25) is 15.1 Å². The smallest absolute Gasteiger partial charge is 0.263 e. The molecule has 2 rings (SSSR count). The fourth-order valence-corrected chi connectivity index (χ4v) is 2.55. The Labute approximate surface area is 154 Å². The number of nitriles is 1. The van der Waals surface area contributed by atoms with Gasteiger partial charge in [-0.3, -0.25) is 4.79 Å². The highest BCUT2D eigenvalue weighted by molar-refractivity contribution is 6.39. The van der Waals surface area contributed by atoms with Crippen molar-refractivity contribution in [3.63, 3.8) is 0 Å². The molecule has 2 N–H and O–H groups in total. The number of anilines is 1. The van der Waals surface area contributed by atoms with E-state index in [1.54, 1.807) is 36.4 Å². The minimum Gasteiger partial charge on any atom is -0.358 e. The topological polar surface area (TPSA) is 64.9 Å². The first-order valence-electron chi connectivity index (χ1n) is 6.85. The molecule has 1 amide bonds. The highest BCUT2D eigenvalue weighted by Gasteiger charge is 2.10. The molecular weight excluding hydrogens is 369 g/mol. The van der Waals surface area contributed by atoms with Gasteiger partial charge >= 0.3 is 0 Å². The summed E-state index contributed by atoms with van der Waals surface area (Å²) in [6.07, 6.45) is 1.26. The summed E-state index contributed by atoms with van der Waals surface area (Å²) < 4.78 is 0. The van der Waals surface area contributed by atoms with E-state index in [1.165, 1.54) is 6.20 Å². The minimum atomic E-state index is -0.534. The Kier molecular flexibility index (Phi) is 6.51. The van der Waals surface area contributed by atoms with Gasteiger partial charge in [-0.05, 0) is 23.8 Å². The summed E-state index contributed by atoms with van der Waals surface area (Å²) in [7, 11) is 0. The normalized spacial score (nSPS) is 10.8. The second-order valence-electron chi connectivity index (χ2n) is 4.68. The van der Waals surface area contributed by atoms with Gasteiger partial charge in [0.1, 0.15) is 11.6 Å². The highest BCUT2D eigenvalue weighted by Crippen LogP contribution is 2.29. The first-order chi connectivity index (χ1) is 11.5. The zero-order chi connectivity index (χ0) is 17.5. The van der Waals surface area contributed by atoms with Crippen molar-refractivity contribution in [2.45, 2.75) is 6.54 Å². The van der Waals surface area contributed by atoms with Gasteiger partial charge in [0, 0.05) is 17.8 Å². The second kappa shape index (κ2) is 8.60. The van der Waals surface area contributed by atoms with Crippen molar-refractivity contribution in [2.24, 2.45) is 0 Å². The zero-order valence-electron chi connectivity index (χ0n) is 12.3. The molecule has 7 heteroatoms. The Bertz CT molecular complexity index is 808. The van der Waals surface area contributed by atoms with Crippen molar-refractivity contribution < 1.29 is 4.79 Å². The molecule has 0 bridgehead atoms. The van der Waals surface area contributed by atoms with E-state index in [0.717, 1.165) is 5.56 Å². The maximum Gasteiger partial charge on any atom is 0.263 e. The number of hydrogen-bond acceptors (Lipinski definition) is 3. The van der Waals surface area contributed by atoms with Crippen molar-refractivity contribution in [3.8, 4) is 6.07 Å². The Balaban J connectivity index is 2.06. The zero-order valence-corrected chi connectivity index (χ0v) is 14.6. The van der Waals surface area contributed by atoms with Crippen molar-refractivity contribution in [1.82, 2.24) is 5.32 Å². The quantitative estimate of drug-likeness (QED) is 0.579. The predicted octanol–water partition coefficient (Wildman–Crippen LogP) is 4.78. The van der Waals surface area contributed by atoms with Crippen molar-refractivity contribution in [3.05, 3.63) is 74.9 Å². The molecule has 4 nitrogen and oxygen atoms in total. The van der Waals surface area contributed by atoms with E-state index in [2.05, 4.69) is 10.6 Å². The highest BCUT2D eigenvalue weighted by atomic mass is 35.5. The summed E-state index contributed by atoms with van der Waals surface area (Å²) in [5.74, 6) is -0.534. The van der Waals surface area contributed by atoms with Crippen LogP contribution in [0.25, 0.3) is 0 Å². The van der Waals surface area contributed by atoms with Crippen LogP contribution in [0, 0.1) is 11.3 Å². The van der Waals surface area contributed by atoms with Gasteiger partial charge in [0.05, 0.1) is 15.7 Å². The molecule has 0 fully saturated rings. The third kappa shape index (κ3) is 4.65. The summed E-state index contributed by atoms with van der Waals surface area (Å²) in [4.78, 5) is 12.1. The molecule has 0 saturated heterocycles. The van der Waals surface area contributed by atoms with Gasteiger partial charge < -0.3 is 10.6 Å². The van der Waals surface area contributed by atoms with E-state index in [0.29, 0.717) is 20.8 Å². The van der Waals surface area contributed by atoms with Gasteiger partial charge in [-0.15, -0.1) is 0 Å². The molecule has 0 aliphatic rings. The van der Waals surface area contributed by atoms with Crippen molar-refractivity contribution >= 4 is 46.4 Å². The average Bonchev–Trinajstić information content (AvgIpc) is 2.57. The van der Waals surface area contributed by atoms with Gasteiger partial charge in [-0.2, -0.15) is 5.26 Å². The number of hydrogen-bond donors (Lipinski definition) is 2.